The van der Waals surface area contributed by atoms with Crippen LogP contribution in [0.1, 0.15) is 32.8 Å². The molecule has 0 aliphatic carbocycles. The van der Waals surface area contributed by atoms with E-state index in [-0.39, 0.29) is 47.1 Å². The predicted octanol–water partition coefficient (Wildman–Crippen LogP) is 1.17. The molecule has 0 unspecified atom stereocenters. The van der Waals surface area contributed by atoms with Crippen molar-refractivity contribution in [3.05, 3.63) is 48.0 Å². The van der Waals surface area contributed by atoms with Crippen LogP contribution < -0.4 is 39.2 Å². The first-order chi connectivity index (χ1) is 11.6. The molecule has 134 valence electrons. The van der Waals surface area contributed by atoms with E-state index in [4.69, 9.17) is 4.74 Å². The van der Waals surface area contributed by atoms with Gasteiger partial charge in [-0.15, -0.1) is 0 Å². The van der Waals surface area contributed by atoms with E-state index in [1.54, 1.807) is 0 Å². The van der Waals surface area contributed by atoms with Gasteiger partial charge in [0.05, 0.1) is 21.5 Å². The summed E-state index contributed by atoms with van der Waals surface area (Å²) < 4.78 is 38.8. The average molecular weight is 383 g/mol. The van der Waals surface area contributed by atoms with Crippen molar-refractivity contribution < 1.29 is 47.3 Å². The molecule has 0 radical (unpaired) electrons. The molecular formula is C19H22NNaO4S. The maximum Gasteiger partial charge on any atom is 1.00 e. The van der Waals surface area contributed by atoms with Crippen molar-refractivity contribution in [2.75, 3.05) is 17.2 Å². The van der Waals surface area contributed by atoms with E-state index in [9.17, 15) is 13.0 Å². The van der Waals surface area contributed by atoms with E-state index in [0.717, 1.165) is 28.4 Å². The standard InChI is InChI=1S/C19H23NO4S.Na/c1-19(2,3)14-9-10-16-18(13-14)24-17-8-5-4-7-15(17)20(16)11-6-12-25(21,22)23;/h4-5,7-10,13H,6,11-12H2,1-3H3,(H,21,22,23);/q;+1/p-1. The first-order valence-corrected chi connectivity index (χ1v) is 9.85. The molecule has 2 aromatic carbocycles. The summed E-state index contributed by atoms with van der Waals surface area (Å²) in [5.41, 5.74) is 2.92. The Morgan fingerprint density at radius 1 is 1.04 bits per heavy atom. The van der Waals surface area contributed by atoms with Crippen molar-refractivity contribution in [3.8, 4) is 11.5 Å². The van der Waals surface area contributed by atoms with Crippen LogP contribution in [0.5, 0.6) is 11.5 Å². The van der Waals surface area contributed by atoms with Crippen molar-refractivity contribution in [2.24, 2.45) is 0 Å². The molecule has 0 fully saturated rings. The fraction of sp³-hybridized carbons (Fsp3) is 0.368. The second kappa shape index (κ2) is 7.90. The quantitative estimate of drug-likeness (QED) is 0.586. The Balaban J connectivity index is 0.00000243. The van der Waals surface area contributed by atoms with Crippen LogP contribution in [0, 0.1) is 0 Å². The van der Waals surface area contributed by atoms with Gasteiger partial charge in [0.15, 0.2) is 11.5 Å². The zero-order valence-corrected chi connectivity index (χ0v) is 18.5. The average Bonchev–Trinajstić information content (AvgIpc) is 2.51. The Labute approximate surface area is 177 Å². The van der Waals surface area contributed by atoms with Crippen LogP contribution in [0.25, 0.3) is 0 Å². The molecule has 0 saturated heterocycles. The second-order valence-corrected chi connectivity index (χ2v) is 8.79. The number of para-hydroxylation sites is 2. The van der Waals surface area contributed by atoms with E-state index in [1.165, 1.54) is 0 Å². The van der Waals surface area contributed by atoms with Crippen LogP contribution in [-0.4, -0.2) is 25.3 Å². The smallest absolute Gasteiger partial charge is 0.748 e. The number of rotatable bonds is 4. The van der Waals surface area contributed by atoms with Gasteiger partial charge < -0.3 is 14.2 Å². The largest absolute Gasteiger partial charge is 1.00 e. The molecule has 0 saturated carbocycles. The summed E-state index contributed by atoms with van der Waals surface area (Å²) in [5.74, 6) is 1.10. The van der Waals surface area contributed by atoms with Gasteiger partial charge in [-0.1, -0.05) is 39.0 Å². The summed E-state index contributed by atoms with van der Waals surface area (Å²) in [6.07, 6.45) is 0.265. The van der Waals surface area contributed by atoms with E-state index in [2.05, 4.69) is 26.8 Å². The van der Waals surface area contributed by atoms with Crippen LogP contribution in [0.2, 0.25) is 0 Å². The van der Waals surface area contributed by atoms with Crippen LogP contribution in [0.15, 0.2) is 42.5 Å². The van der Waals surface area contributed by atoms with E-state index in [0.29, 0.717) is 6.54 Å². The molecule has 0 atom stereocenters. The zero-order valence-electron chi connectivity index (χ0n) is 15.7. The number of fused-ring (bicyclic) bond motifs is 2. The minimum absolute atomic E-state index is 0. The van der Waals surface area contributed by atoms with Gasteiger partial charge in [-0.05, 0) is 41.7 Å². The normalized spacial score (nSPS) is 13.3. The van der Waals surface area contributed by atoms with Crippen molar-refractivity contribution in [1.82, 2.24) is 0 Å². The molecular weight excluding hydrogens is 361 g/mol. The predicted molar refractivity (Wildman–Crippen MR) is 97.8 cm³/mol. The first-order valence-electron chi connectivity index (χ1n) is 8.28. The summed E-state index contributed by atoms with van der Waals surface area (Å²) in [5, 5.41) is 0. The molecule has 3 rings (SSSR count). The van der Waals surface area contributed by atoms with E-state index in [1.807, 2.05) is 41.3 Å². The first kappa shape index (κ1) is 21.3. The van der Waals surface area contributed by atoms with Crippen molar-refractivity contribution in [3.63, 3.8) is 0 Å². The van der Waals surface area contributed by atoms with Gasteiger partial charge in [-0.3, -0.25) is 0 Å². The number of nitrogens with zero attached hydrogens (tertiary/aromatic N) is 1. The van der Waals surface area contributed by atoms with Crippen molar-refractivity contribution >= 4 is 21.5 Å². The van der Waals surface area contributed by atoms with Crippen LogP contribution in [0.4, 0.5) is 11.4 Å². The Morgan fingerprint density at radius 3 is 2.35 bits per heavy atom. The molecule has 0 bridgehead atoms. The fourth-order valence-electron chi connectivity index (χ4n) is 2.94. The molecule has 26 heavy (non-hydrogen) atoms. The number of ether oxygens (including phenoxy) is 1. The summed E-state index contributed by atoms with van der Waals surface area (Å²) in [7, 11) is -4.21. The Bertz CT molecular complexity index is 891. The van der Waals surface area contributed by atoms with E-state index < -0.39 is 10.1 Å². The summed E-state index contributed by atoms with van der Waals surface area (Å²) in [6.45, 7) is 6.86. The van der Waals surface area contributed by atoms with Gasteiger partial charge in [-0.2, -0.15) is 0 Å². The van der Waals surface area contributed by atoms with E-state index >= 15 is 0 Å². The summed E-state index contributed by atoms with van der Waals surface area (Å²) in [6, 6.07) is 13.7. The monoisotopic (exact) mass is 383 g/mol. The number of hydrogen-bond acceptors (Lipinski definition) is 5. The van der Waals surface area contributed by atoms with Gasteiger partial charge in [0, 0.05) is 12.3 Å². The third-order valence-corrected chi connectivity index (χ3v) is 5.06. The number of hydrogen-bond donors (Lipinski definition) is 0. The molecule has 0 amide bonds. The molecule has 2 aromatic rings. The molecule has 5 nitrogen and oxygen atoms in total. The van der Waals surface area contributed by atoms with Gasteiger partial charge >= 0.3 is 29.6 Å². The summed E-state index contributed by atoms with van der Waals surface area (Å²) >= 11 is 0. The fourth-order valence-corrected chi connectivity index (χ4v) is 3.42. The third kappa shape index (κ3) is 4.81. The molecule has 0 aromatic heterocycles. The van der Waals surface area contributed by atoms with Gasteiger partial charge in [0.1, 0.15) is 0 Å². The number of anilines is 2. The third-order valence-electron chi connectivity index (χ3n) is 4.27. The molecule has 1 heterocycles. The van der Waals surface area contributed by atoms with Gasteiger partial charge in [0.2, 0.25) is 0 Å². The molecule has 0 N–H and O–H groups in total. The topological polar surface area (TPSA) is 69.7 Å². The Morgan fingerprint density at radius 2 is 1.69 bits per heavy atom. The number of benzene rings is 2. The Kier molecular flexibility index (Phi) is 6.46. The Hall–Kier alpha value is -1.05. The van der Waals surface area contributed by atoms with Crippen molar-refractivity contribution in [1.29, 1.82) is 0 Å². The molecule has 1 aliphatic rings. The maximum atomic E-state index is 10.9. The minimum Gasteiger partial charge on any atom is -0.748 e. The van der Waals surface area contributed by atoms with Crippen LogP contribution in [0.3, 0.4) is 0 Å². The van der Waals surface area contributed by atoms with Crippen LogP contribution >= 0.6 is 0 Å². The zero-order chi connectivity index (χ0) is 18.2. The van der Waals surface area contributed by atoms with Crippen LogP contribution in [-0.2, 0) is 15.5 Å². The second-order valence-electron chi connectivity index (χ2n) is 7.27. The maximum absolute atomic E-state index is 10.9. The SMILES string of the molecule is CC(C)(C)c1ccc2c(c1)Oc1ccccc1N2CCCS(=O)(=O)[O-].[Na+]. The minimum atomic E-state index is -4.21. The molecule has 7 heteroatoms. The van der Waals surface area contributed by atoms with Crippen molar-refractivity contribution in [2.45, 2.75) is 32.6 Å². The molecule has 0 spiro atoms. The van der Waals surface area contributed by atoms with Gasteiger partial charge in [-0.25, -0.2) is 8.42 Å². The molecule has 1 aliphatic heterocycles. The van der Waals surface area contributed by atoms with Gasteiger partial charge in [0.25, 0.3) is 0 Å². The summed E-state index contributed by atoms with van der Waals surface area (Å²) in [4.78, 5) is 2.02.